The summed E-state index contributed by atoms with van der Waals surface area (Å²) < 4.78 is 3.86. The molecule has 8 heteroatoms. The van der Waals surface area contributed by atoms with E-state index < -0.39 is 0 Å². The van der Waals surface area contributed by atoms with Gasteiger partial charge in [0, 0.05) is 3.57 Å². The molecular formula is C21H18IN5O2. The molecule has 0 spiro atoms. The number of fused-ring (bicyclic) bond motifs is 1. The molecule has 4 rings (SSSR count). The molecule has 4 aromatic rings. The van der Waals surface area contributed by atoms with E-state index in [4.69, 9.17) is 0 Å². The molecule has 1 N–H and O–H groups in total. The fourth-order valence-electron chi connectivity index (χ4n) is 3.23. The highest BCUT2D eigenvalue weighted by molar-refractivity contribution is 14.1. The van der Waals surface area contributed by atoms with Gasteiger partial charge in [0.25, 0.3) is 5.56 Å². The van der Waals surface area contributed by atoms with Crippen LogP contribution in [0, 0.1) is 17.4 Å². The quantitative estimate of drug-likeness (QED) is 0.437. The Balaban J connectivity index is 1.64. The minimum absolute atomic E-state index is 0.124. The van der Waals surface area contributed by atoms with Gasteiger partial charge in [-0.1, -0.05) is 18.2 Å². The van der Waals surface area contributed by atoms with Crippen molar-refractivity contribution in [3.8, 4) is 5.69 Å². The van der Waals surface area contributed by atoms with E-state index in [1.54, 1.807) is 4.68 Å². The lowest BCUT2D eigenvalue weighted by Gasteiger charge is -2.09. The van der Waals surface area contributed by atoms with Gasteiger partial charge in [-0.05, 0) is 71.8 Å². The molecule has 0 saturated carbocycles. The molecule has 29 heavy (non-hydrogen) atoms. The summed E-state index contributed by atoms with van der Waals surface area (Å²) in [4.78, 5) is 29.6. The van der Waals surface area contributed by atoms with Crippen LogP contribution < -0.4 is 10.9 Å². The van der Waals surface area contributed by atoms with Gasteiger partial charge in [0.15, 0.2) is 5.65 Å². The summed E-state index contributed by atoms with van der Waals surface area (Å²) in [5.74, 6) is -0.293. The Bertz CT molecular complexity index is 1270. The Morgan fingerprint density at radius 2 is 1.86 bits per heavy atom. The van der Waals surface area contributed by atoms with Gasteiger partial charge < -0.3 is 5.32 Å². The first-order valence-electron chi connectivity index (χ1n) is 8.98. The smallest absolute Gasteiger partial charge is 0.264 e. The summed E-state index contributed by atoms with van der Waals surface area (Å²) in [7, 11) is 0. The number of carbonyl (C=O) groups is 1. The second kappa shape index (κ2) is 7.78. The number of amides is 1. The van der Waals surface area contributed by atoms with Gasteiger partial charge in [-0.3, -0.25) is 14.2 Å². The van der Waals surface area contributed by atoms with Crippen molar-refractivity contribution in [3.63, 3.8) is 0 Å². The van der Waals surface area contributed by atoms with Crippen LogP contribution in [0.25, 0.3) is 16.7 Å². The van der Waals surface area contributed by atoms with Gasteiger partial charge in [0.2, 0.25) is 5.91 Å². The normalized spacial score (nSPS) is 11.0. The highest BCUT2D eigenvalue weighted by Gasteiger charge is 2.14. The Morgan fingerprint density at radius 1 is 1.14 bits per heavy atom. The van der Waals surface area contributed by atoms with Crippen molar-refractivity contribution < 1.29 is 4.79 Å². The molecule has 2 aromatic heterocycles. The number of carbonyl (C=O) groups excluding carboxylic acids is 1. The van der Waals surface area contributed by atoms with Crippen LogP contribution in [-0.4, -0.2) is 25.2 Å². The van der Waals surface area contributed by atoms with Crippen molar-refractivity contribution >= 4 is 45.2 Å². The third kappa shape index (κ3) is 3.93. The van der Waals surface area contributed by atoms with Crippen LogP contribution in [0.2, 0.25) is 0 Å². The number of hydrogen-bond donors (Lipinski definition) is 1. The maximum Gasteiger partial charge on any atom is 0.264 e. The number of aryl methyl sites for hydroxylation is 2. The zero-order chi connectivity index (χ0) is 20.5. The van der Waals surface area contributed by atoms with E-state index in [0.29, 0.717) is 16.7 Å². The molecule has 146 valence electrons. The zero-order valence-electron chi connectivity index (χ0n) is 15.9. The third-order valence-corrected chi connectivity index (χ3v) is 5.41. The molecule has 0 fully saturated rings. The van der Waals surface area contributed by atoms with Gasteiger partial charge in [0.1, 0.15) is 18.3 Å². The van der Waals surface area contributed by atoms with Crippen LogP contribution in [0.5, 0.6) is 0 Å². The monoisotopic (exact) mass is 499 g/mol. The second-order valence-electron chi connectivity index (χ2n) is 6.85. The number of nitrogens with zero attached hydrogens (tertiary/aromatic N) is 4. The molecule has 0 aliphatic carbocycles. The molecule has 0 atom stereocenters. The largest absolute Gasteiger partial charge is 0.324 e. The highest BCUT2D eigenvalue weighted by atomic mass is 127. The number of anilines is 1. The summed E-state index contributed by atoms with van der Waals surface area (Å²) in [6, 6.07) is 13.5. The van der Waals surface area contributed by atoms with Gasteiger partial charge in [-0.2, -0.15) is 5.10 Å². The molecule has 0 radical (unpaired) electrons. The van der Waals surface area contributed by atoms with Crippen LogP contribution in [0.3, 0.4) is 0 Å². The first-order chi connectivity index (χ1) is 13.9. The molecule has 1 amide bonds. The predicted molar refractivity (Wildman–Crippen MR) is 120 cm³/mol. The van der Waals surface area contributed by atoms with Crippen molar-refractivity contribution in [2.24, 2.45) is 0 Å². The van der Waals surface area contributed by atoms with Crippen LogP contribution in [-0.2, 0) is 11.3 Å². The lowest BCUT2D eigenvalue weighted by Crippen LogP contribution is -2.28. The Hall–Kier alpha value is -3.01. The van der Waals surface area contributed by atoms with Crippen molar-refractivity contribution in [3.05, 3.63) is 80.0 Å². The summed E-state index contributed by atoms with van der Waals surface area (Å²) >= 11 is 2.15. The van der Waals surface area contributed by atoms with Crippen molar-refractivity contribution in [1.82, 2.24) is 19.3 Å². The van der Waals surface area contributed by atoms with Gasteiger partial charge >= 0.3 is 0 Å². The Labute approximate surface area is 180 Å². The number of aromatic nitrogens is 4. The van der Waals surface area contributed by atoms with Crippen LogP contribution in [0.1, 0.15) is 11.1 Å². The first-order valence-corrected chi connectivity index (χ1v) is 10.1. The lowest BCUT2D eigenvalue weighted by atomic mass is 10.1. The minimum atomic E-state index is -0.302. The summed E-state index contributed by atoms with van der Waals surface area (Å²) in [6.07, 6.45) is 2.89. The van der Waals surface area contributed by atoms with Gasteiger partial charge in [-0.25, -0.2) is 9.67 Å². The summed E-state index contributed by atoms with van der Waals surface area (Å²) in [5, 5.41) is 7.54. The van der Waals surface area contributed by atoms with E-state index >= 15 is 0 Å². The number of benzene rings is 2. The van der Waals surface area contributed by atoms with Gasteiger partial charge in [-0.15, -0.1) is 0 Å². The minimum Gasteiger partial charge on any atom is -0.324 e. The van der Waals surface area contributed by atoms with Crippen LogP contribution in [0.15, 0.2) is 59.8 Å². The number of rotatable bonds is 4. The van der Waals surface area contributed by atoms with Crippen molar-refractivity contribution in [2.75, 3.05) is 5.32 Å². The number of nitrogens with one attached hydrogen (secondary N) is 1. The van der Waals surface area contributed by atoms with E-state index in [1.807, 2.05) is 50.2 Å². The SMILES string of the molecule is Cc1cc(C)cc(-n2ncc3c(=O)n(CC(=O)Nc4ccccc4I)cnc32)c1. The second-order valence-corrected chi connectivity index (χ2v) is 8.01. The zero-order valence-corrected chi connectivity index (χ0v) is 18.0. The van der Waals surface area contributed by atoms with Crippen molar-refractivity contribution in [2.45, 2.75) is 20.4 Å². The fraction of sp³-hybridized carbons (Fsp3) is 0.143. The average molecular weight is 499 g/mol. The third-order valence-electron chi connectivity index (χ3n) is 4.47. The number of para-hydroxylation sites is 1. The number of halogens is 1. The molecule has 0 aliphatic rings. The summed E-state index contributed by atoms with van der Waals surface area (Å²) in [6.45, 7) is 3.89. The molecule has 0 saturated heterocycles. The van der Waals surface area contributed by atoms with E-state index in [-0.39, 0.29) is 18.0 Å². The molecule has 0 aliphatic heterocycles. The number of hydrogen-bond acceptors (Lipinski definition) is 4. The summed E-state index contributed by atoms with van der Waals surface area (Å²) in [5.41, 5.74) is 3.92. The Kier molecular flexibility index (Phi) is 5.18. The van der Waals surface area contributed by atoms with Crippen LogP contribution in [0.4, 0.5) is 5.69 Å². The first kappa shape index (κ1) is 19.3. The topological polar surface area (TPSA) is 81.8 Å². The maximum atomic E-state index is 12.8. The maximum absolute atomic E-state index is 12.8. The van der Waals surface area contributed by atoms with Crippen molar-refractivity contribution in [1.29, 1.82) is 0 Å². The Morgan fingerprint density at radius 3 is 2.59 bits per heavy atom. The van der Waals surface area contributed by atoms with E-state index in [2.05, 4.69) is 44.1 Å². The highest BCUT2D eigenvalue weighted by Crippen LogP contribution is 2.18. The van der Waals surface area contributed by atoms with Gasteiger partial charge in [0.05, 0.1) is 17.6 Å². The van der Waals surface area contributed by atoms with E-state index in [0.717, 1.165) is 20.4 Å². The molecular weight excluding hydrogens is 481 g/mol. The van der Waals surface area contributed by atoms with Crippen LogP contribution >= 0.6 is 22.6 Å². The molecule has 2 heterocycles. The predicted octanol–water partition coefficient (Wildman–Crippen LogP) is 3.44. The molecule has 7 nitrogen and oxygen atoms in total. The van der Waals surface area contributed by atoms with E-state index in [9.17, 15) is 9.59 Å². The molecule has 2 aromatic carbocycles. The standard InChI is InChI=1S/C21H18IN5O2/c1-13-7-14(2)9-15(8-13)27-20-16(10-24-27)21(29)26(12-23-20)11-19(28)25-18-6-4-3-5-17(18)22/h3-10,12H,11H2,1-2H3,(H,25,28). The fourth-order valence-corrected chi connectivity index (χ4v) is 3.75. The molecule has 0 bridgehead atoms. The average Bonchev–Trinajstić information content (AvgIpc) is 3.10. The molecule has 0 unspecified atom stereocenters. The van der Waals surface area contributed by atoms with E-state index in [1.165, 1.54) is 17.1 Å². The lowest BCUT2D eigenvalue weighted by molar-refractivity contribution is -0.116.